The second-order valence-electron chi connectivity index (χ2n) is 9.08. The smallest absolute Gasteiger partial charge is 0.282 e. The molecule has 8 nitrogen and oxygen atoms in total. The topological polar surface area (TPSA) is 115 Å². The van der Waals surface area contributed by atoms with E-state index < -0.39 is 4.92 Å². The van der Waals surface area contributed by atoms with Gasteiger partial charge in [-0.1, -0.05) is 24.3 Å². The molecule has 2 aliphatic rings. The van der Waals surface area contributed by atoms with Crippen LogP contribution in [-0.4, -0.2) is 26.3 Å². The van der Waals surface area contributed by atoms with Crippen LogP contribution in [-0.2, 0) is 0 Å². The van der Waals surface area contributed by atoms with Crippen molar-refractivity contribution in [3.63, 3.8) is 0 Å². The van der Waals surface area contributed by atoms with Crippen molar-refractivity contribution < 1.29 is 14.6 Å². The lowest BCUT2D eigenvalue weighted by atomic mass is 9.76. The number of carbonyl (C=O) groups is 1. The van der Waals surface area contributed by atoms with Crippen LogP contribution >= 0.6 is 23.4 Å². The van der Waals surface area contributed by atoms with E-state index in [1.54, 1.807) is 36.4 Å². The SMILES string of the molecule is CC(=O)c1ccc2c(c1)[C@H]1[C@@H](Cl)[C@@H](Sc3ccccc3[N+](=O)[O-])C[C@H]1[C@H](c1ccc([N+](=O)[O-])cc1)N2. The molecule has 1 aliphatic carbocycles. The van der Waals surface area contributed by atoms with E-state index in [1.165, 1.54) is 36.9 Å². The Kier molecular flexibility index (Phi) is 6.44. The van der Waals surface area contributed by atoms with E-state index in [4.69, 9.17) is 11.6 Å². The van der Waals surface area contributed by atoms with Gasteiger partial charge in [0.2, 0.25) is 0 Å². The fourth-order valence-corrected chi connectivity index (χ4v) is 7.28. The van der Waals surface area contributed by atoms with Crippen molar-refractivity contribution >= 4 is 46.2 Å². The number of fused-ring (bicyclic) bond motifs is 3. The maximum atomic E-state index is 12.1. The van der Waals surface area contributed by atoms with Crippen molar-refractivity contribution in [3.8, 4) is 0 Å². The number of carbonyl (C=O) groups excluding carboxylic acids is 1. The lowest BCUT2D eigenvalue weighted by Gasteiger charge is -2.38. The van der Waals surface area contributed by atoms with Crippen LogP contribution in [0.1, 0.15) is 46.8 Å². The third-order valence-electron chi connectivity index (χ3n) is 7.02. The molecule has 184 valence electrons. The number of rotatable bonds is 6. The third-order valence-corrected chi connectivity index (χ3v) is 9.14. The van der Waals surface area contributed by atoms with Crippen LogP contribution in [0.2, 0.25) is 0 Å². The molecule has 0 amide bonds. The molecule has 36 heavy (non-hydrogen) atoms. The number of hydrogen-bond acceptors (Lipinski definition) is 7. The highest BCUT2D eigenvalue weighted by Gasteiger charge is 2.50. The number of alkyl halides is 1. The molecule has 1 saturated carbocycles. The van der Waals surface area contributed by atoms with Crippen molar-refractivity contribution in [1.82, 2.24) is 0 Å². The molecule has 10 heteroatoms. The number of non-ortho nitro benzene ring substituents is 1. The fourth-order valence-electron chi connectivity index (χ4n) is 5.34. The van der Waals surface area contributed by atoms with Crippen molar-refractivity contribution in [2.45, 2.75) is 40.8 Å². The lowest BCUT2D eigenvalue weighted by molar-refractivity contribution is -0.387. The Balaban J connectivity index is 1.55. The Hall–Kier alpha value is -3.43. The standard InChI is InChI=1S/C26H22ClN3O5S/c1-14(31)16-8-11-20-18(12-16)24-19(26(28-20)15-6-9-17(10-7-15)29(32)33)13-23(25(24)27)36-22-5-3-2-4-21(22)30(34)35/h2-12,19,23-26,28H,13H2,1H3/t19-,23+,24-,25+,26+/m1/s1. The highest BCUT2D eigenvalue weighted by molar-refractivity contribution is 8.00. The zero-order valence-corrected chi connectivity index (χ0v) is 20.7. The van der Waals surface area contributed by atoms with Gasteiger partial charge in [0.15, 0.2) is 5.78 Å². The molecule has 1 heterocycles. The number of thioether (sulfide) groups is 1. The minimum absolute atomic E-state index is 0.0175. The number of halogens is 1. The minimum Gasteiger partial charge on any atom is -0.378 e. The van der Waals surface area contributed by atoms with Gasteiger partial charge in [-0.15, -0.1) is 23.4 Å². The van der Waals surface area contributed by atoms with Gasteiger partial charge in [-0.3, -0.25) is 25.0 Å². The predicted octanol–water partition coefficient (Wildman–Crippen LogP) is 6.74. The number of hydrogen-bond donors (Lipinski definition) is 1. The number of benzene rings is 3. The van der Waals surface area contributed by atoms with Crippen LogP contribution < -0.4 is 5.32 Å². The molecule has 0 radical (unpaired) electrons. The second kappa shape index (κ2) is 9.55. The first-order valence-electron chi connectivity index (χ1n) is 11.4. The number of anilines is 1. The third kappa shape index (κ3) is 4.33. The Labute approximate surface area is 216 Å². The molecule has 0 spiro atoms. The van der Waals surface area contributed by atoms with Gasteiger partial charge >= 0.3 is 0 Å². The van der Waals surface area contributed by atoms with Crippen molar-refractivity contribution in [3.05, 3.63) is 104 Å². The highest BCUT2D eigenvalue weighted by atomic mass is 35.5. The van der Waals surface area contributed by atoms with Gasteiger partial charge in [0.25, 0.3) is 11.4 Å². The van der Waals surface area contributed by atoms with Gasteiger partial charge < -0.3 is 5.32 Å². The van der Waals surface area contributed by atoms with Crippen LogP contribution in [0.4, 0.5) is 17.1 Å². The van der Waals surface area contributed by atoms with Crippen LogP contribution in [0.25, 0.3) is 0 Å². The van der Waals surface area contributed by atoms with Gasteiger partial charge in [0.1, 0.15) is 0 Å². The number of nitro benzene ring substituents is 2. The van der Waals surface area contributed by atoms with E-state index in [1.807, 2.05) is 12.1 Å². The summed E-state index contributed by atoms with van der Waals surface area (Å²) in [5.74, 6) is -0.131. The van der Waals surface area contributed by atoms with Crippen LogP contribution in [0.15, 0.2) is 71.6 Å². The zero-order valence-electron chi connectivity index (χ0n) is 19.2. The molecule has 0 aromatic heterocycles. The first-order valence-corrected chi connectivity index (χ1v) is 12.8. The van der Waals surface area contributed by atoms with Crippen molar-refractivity contribution in [2.24, 2.45) is 5.92 Å². The van der Waals surface area contributed by atoms with Gasteiger partial charge in [0.05, 0.1) is 26.2 Å². The summed E-state index contributed by atoms with van der Waals surface area (Å²) < 4.78 is 0. The Morgan fingerprint density at radius 2 is 1.75 bits per heavy atom. The van der Waals surface area contributed by atoms with Crippen LogP contribution in [0, 0.1) is 26.1 Å². The van der Waals surface area contributed by atoms with Crippen LogP contribution in [0.3, 0.4) is 0 Å². The summed E-state index contributed by atoms with van der Waals surface area (Å²) in [5.41, 5.74) is 3.39. The maximum Gasteiger partial charge on any atom is 0.282 e. The largest absolute Gasteiger partial charge is 0.378 e. The average Bonchev–Trinajstić information content (AvgIpc) is 3.19. The van der Waals surface area contributed by atoms with Gasteiger partial charge in [-0.2, -0.15) is 0 Å². The van der Waals surface area contributed by atoms with E-state index in [0.717, 1.165) is 16.8 Å². The molecule has 0 saturated heterocycles. The molecule has 5 atom stereocenters. The summed E-state index contributed by atoms with van der Waals surface area (Å²) in [7, 11) is 0. The molecule has 0 unspecified atom stereocenters. The molecule has 3 aromatic carbocycles. The fraction of sp³-hybridized carbons (Fsp3) is 0.269. The summed E-state index contributed by atoms with van der Waals surface area (Å²) >= 11 is 8.53. The number of Topliss-reactive ketones (excluding diaryl/α,β-unsaturated/α-hetero) is 1. The normalized spacial score (nSPS) is 24.3. The molecule has 3 aromatic rings. The van der Waals surface area contributed by atoms with Gasteiger partial charge in [-0.05, 0) is 54.7 Å². The van der Waals surface area contributed by atoms with E-state index in [9.17, 15) is 25.0 Å². The first-order chi connectivity index (χ1) is 17.2. The van der Waals surface area contributed by atoms with E-state index in [2.05, 4.69) is 5.32 Å². The van der Waals surface area contributed by atoms with E-state index >= 15 is 0 Å². The first kappa shape index (κ1) is 24.3. The molecular weight excluding hydrogens is 502 g/mol. The molecular formula is C26H22ClN3O5S. The minimum atomic E-state index is -0.427. The number of ketones is 1. The quantitative estimate of drug-likeness (QED) is 0.164. The Morgan fingerprint density at radius 3 is 2.42 bits per heavy atom. The van der Waals surface area contributed by atoms with Crippen LogP contribution in [0.5, 0.6) is 0 Å². The second-order valence-corrected chi connectivity index (χ2v) is 10.9. The molecule has 1 aliphatic heterocycles. The molecule has 5 rings (SSSR count). The lowest BCUT2D eigenvalue weighted by Crippen LogP contribution is -2.31. The van der Waals surface area contributed by atoms with E-state index in [0.29, 0.717) is 16.9 Å². The summed E-state index contributed by atoms with van der Waals surface area (Å²) in [6.45, 7) is 1.52. The van der Waals surface area contributed by atoms with Crippen molar-refractivity contribution in [1.29, 1.82) is 0 Å². The molecule has 1 N–H and O–H groups in total. The number of nitrogens with zero attached hydrogens (tertiary/aromatic N) is 2. The average molecular weight is 524 g/mol. The predicted molar refractivity (Wildman–Crippen MR) is 139 cm³/mol. The monoisotopic (exact) mass is 523 g/mol. The summed E-state index contributed by atoms with van der Waals surface area (Å²) in [6, 6.07) is 18.5. The molecule has 0 bridgehead atoms. The number of nitrogens with one attached hydrogen (secondary N) is 1. The highest BCUT2D eigenvalue weighted by Crippen LogP contribution is 2.58. The summed E-state index contributed by atoms with van der Waals surface area (Å²) in [5, 5.41) is 25.8. The van der Waals surface area contributed by atoms with Gasteiger partial charge in [0, 0.05) is 40.6 Å². The Morgan fingerprint density at radius 1 is 1.03 bits per heavy atom. The van der Waals surface area contributed by atoms with E-state index in [-0.39, 0.29) is 50.6 Å². The molecule has 1 fully saturated rings. The summed E-state index contributed by atoms with van der Waals surface area (Å²) in [4.78, 5) is 34.6. The maximum absolute atomic E-state index is 12.1. The Bertz CT molecular complexity index is 1370. The summed E-state index contributed by atoms with van der Waals surface area (Å²) in [6.07, 6.45) is 0.675. The van der Waals surface area contributed by atoms with Crippen molar-refractivity contribution in [2.75, 3.05) is 5.32 Å². The van der Waals surface area contributed by atoms with Gasteiger partial charge in [-0.25, -0.2) is 0 Å². The zero-order chi connectivity index (χ0) is 25.6. The number of nitro groups is 2. The number of para-hydroxylation sites is 1.